The zero-order chi connectivity index (χ0) is 14.0. The first-order valence-electron chi connectivity index (χ1n) is 5.90. The molecule has 5 nitrogen and oxygen atoms in total. The van der Waals surface area contributed by atoms with Crippen LogP contribution < -0.4 is 0 Å². The van der Waals surface area contributed by atoms with E-state index in [1.165, 1.54) is 13.2 Å². The first kappa shape index (κ1) is 13.9. The Morgan fingerprint density at radius 2 is 2.05 bits per heavy atom. The van der Waals surface area contributed by atoms with Crippen LogP contribution in [0.15, 0.2) is 41.4 Å². The number of nitrogens with zero attached hydrogens (tertiary/aromatic N) is 2. The first-order chi connectivity index (χ1) is 8.91. The van der Waals surface area contributed by atoms with Crippen LogP contribution in [0.3, 0.4) is 0 Å². The number of likely N-dealkylation sites (N-methyl/N-ethyl adjacent to an activating group) is 1. The van der Waals surface area contributed by atoms with Crippen LogP contribution in [0.2, 0.25) is 0 Å². The summed E-state index contributed by atoms with van der Waals surface area (Å²) in [6, 6.07) is 8.92. The van der Waals surface area contributed by atoms with Crippen LogP contribution in [0, 0.1) is 0 Å². The first-order valence-corrected chi connectivity index (χ1v) is 7.34. The van der Waals surface area contributed by atoms with Crippen molar-refractivity contribution in [3.8, 4) is 0 Å². The van der Waals surface area contributed by atoms with Crippen molar-refractivity contribution in [2.45, 2.75) is 17.9 Å². The smallest absolute Gasteiger partial charge is 0.244 e. The van der Waals surface area contributed by atoms with Crippen LogP contribution in [0.25, 0.3) is 10.9 Å². The molecule has 0 aliphatic carbocycles. The second-order valence-electron chi connectivity index (χ2n) is 4.50. The van der Waals surface area contributed by atoms with E-state index in [2.05, 4.69) is 4.98 Å². The van der Waals surface area contributed by atoms with Gasteiger partial charge in [0.05, 0.1) is 11.6 Å². The van der Waals surface area contributed by atoms with Gasteiger partial charge in [0.25, 0.3) is 0 Å². The van der Waals surface area contributed by atoms with Gasteiger partial charge in [0.1, 0.15) is 4.90 Å². The summed E-state index contributed by atoms with van der Waals surface area (Å²) in [7, 11) is -2.17. The lowest BCUT2D eigenvalue weighted by atomic mass is 10.2. The Balaban J connectivity index is 2.43. The van der Waals surface area contributed by atoms with E-state index in [0.717, 1.165) is 15.2 Å². The molecule has 1 aromatic carbocycles. The highest BCUT2D eigenvalue weighted by atomic mass is 32.2. The minimum absolute atomic E-state index is 0.0508. The van der Waals surface area contributed by atoms with Crippen LogP contribution in [0.5, 0.6) is 0 Å². The zero-order valence-electron chi connectivity index (χ0n) is 10.8. The van der Waals surface area contributed by atoms with Crippen LogP contribution in [-0.2, 0) is 10.0 Å². The minimum Gasteiger partial charge on any atom is -0.392 e. The van der Waals surface area contributed by atoms with Crippen molar-refractivity contribution in [1.82, 2.24) is 9.29 Å². The number of rotatable bonds is 4. The predicted octanol–water partition coefficient (Wildman–Crippen LogP) is 1.24. The van der Waals surface area contributed by atoms with Gasteiger partial charge in [-0.05, 0) is 19.1 Å². The number of hydrogen-bond donors (Lipinski definition) is 1. The second-order valence-corrected chi connectivity index (χ2v) is 6.54. The molecule has 6 heteroatoms. The van der Waals surface area contributed by atoms with E-state index in [1.54, 1.807) is 13.0 Å². The van der Waals surface area contributed by atoms with E-state index in [1.807, 2.05) is 24.3 Å². The lowest BCUT2D eigenvalue weighted by Gasteiger charge is -2.18. The Hall–Kier alpha value is -1.50. The molecular weight excluding hydrogens is 264 g/mol. The Labute approximate surface area is 112 Å². The summed E-state index contributed by atoms with van der Waals surface area (Å²) >= 11 is 0. The van der Waals surface area contributed by atoms with Crippen LogP contribution in [-0.4, -0.2) is 42.5 Å². The summed E-state index contributed by atoms with van der Waals surface area (Å²) in [5, 5.41) is 10.1. The number of benzene rings is 1. The lowest BCUT2D eigenvalue weighted by Crippen LogP contribution is -2.33. The third-order valence-electron chi connectivity index (χ3n) is 2.79. The molecule has 0 radical (unpaired) electrons. The molecule has 0 bridgehead atoms. The molecule has 1 atom stereocenters. The van der Waals surface area contributed by atoms with Gasteiger partial charge in [0, 0.05) is 25.2 Å². The van der Waals surface area contributed by atoms with Crippen molar-refractivity contribution in [2.24, 2.45) is 0 Å². The third-order valence-corrected chi connectivity index (χ3v) is 4.58. The highest BCUT2D eigenvalue weighted by Crippen LogP contribution is 2.19. The van der Waals surface area contributed by atoms with E-state index >= 15 is 0 Å². The standard InChI is InChI=1S/C13H16N2O3S/c1-10(16)9-15(2)19(17,18)12-7-11-5-3-4-6-13(11)14-8-12/h3-8,10,16H,9H2,1-2H3. The quantitative estimate of drug-likeness (QED) is 0.914. The van der Waals surface area contributed by atoms with Crippen LogP contribution in [0.1, 0.15) is 6.92 Å². The van der Waals surface area contributed by atoms with Crippen molar-refractivity contribution in [3.63, 3.8) is 0 Å². The minimum atomic E-state index is -3.61. The molecule has 19 heavy (non-hydrogen) atoms. The molecule has 0 aliphatic rings. The molecule has 2 rings (SSSR count). The summed E-state index contributed by atoms with van der Waals surface area (Å²) in [4.78, 5) is 4.27. The van der Waals surface area contributed by atoms with Gasteiger partial charge in [0.2, 0.25) is 10.0 Å². The average Bonchev–Trinajstić information content (AvgIpc) is 2.37. The van der Waals surface area contributed by atoms with E-state index in [9.17, 15) is 13.5 Å². The highest BCUT2D eigenvalue weighted by molar-refractivity contribution is 7.89. The number of aliphatic hydroxyl groups excluding tert-OH is 1. The maximum Gasteiger partial charge on any atom is 0.244 e. The van der Waals surface area contributed by atoms with E-state index in [4.69, 9.17) is 0 Å². The fourth-order valence-corrected chi connectivity index (χ4v) is 3.08. The summed E-state index contributed by atoms with van der Waals surface area (Å²) in [6.07, 6.45) is 0.629. The van der Waals surface area contributed by atoms with Gasteiger partial charge in [-0.15, -0.1) is 0 Å². The van der Waals surface area contributed by atoms with Gasteiger partial charge in [-0.25, -0.2) is 8.42 Å². The second kappa shape index (κ2) is 5.24. The summed E-state index contributed by atoms with van der Waals surface area (Å²) in [5.41, 5.74) is 0.750. The van der Waals surface area contributed by atoms with Gasteiger partial charge in [-0.1, -0.05) is 18.2 Å². The largest absolute Gasteiger partial charge is 0.392 e. The van der Waals surface area contributed by atoms with Crippen LogP contribution in [0.4, 0.5) is 0 Å². The normalized spacial score (nSPS) is 13.9. The molecule has 0 saturated carbocycles. The number of aromatic nitrogens is 1. The molecule has 1 aromatic heterocycles. The molecule has 1 N–H and O–H groups in total. The lowest BCUT2D eigenvalue weighted by molar-refractivity contribution is 0.171. The van der Waals surface area contributed by atoms with Crippen molar-refractivity contribution < 1.29 is 13.5 Å². The SMILES string of the molecule is CC(O)CN(C)S(=O)(=O)c1cnc2ccccc2c1. The molecule has 1 unspecified atom stereocenters. The molecule has 0 saturated heterocycles. The number of aliphatic hydroxyl groups is 1. The molecule has 0 spiro atoms. The average molecular weight is 280 g/mol. The van der Waals surface area contributed by atoms with Crippen molar-refractivity contribution in [1.29, 1.82) is 0 Å². The number of para-hydroxylation sites is 1. The fraction of sp³-hybridized carbons (Fsp3) is 0.308. The fourth-order valence-electron chi connectivity index (χ4n) is 1.84. The van der Waals surface area contributed by atoms with Gasteiger partial charge < -0.3 is 5.11 Å². The summed E-state index contributed by atoms with van der Waals surface area (Å²) in [6.45, 7) is 1.60. The number of sulfonamides is 1. The number of pyridine rings is 1. The Bertz CT molecular complexity index is 683. The van der Waals surface area contributed by atoms with E-state index < -0.39 is 16.1 Å². The topological polar surface area (TPSA) is 70.5 Å². The molecule has 0 fully saturated rings. The highest BCUT2D eigenvalue weighted by Gasteiger charge is 2.22. The Morgan fingerprint density at radius 1 is 1.37 bits per heavy atom. The molecule has 1 heterocycles. The van der Waals surface area contributed by atoms with E-state index in [-0.39, 0.29) is 11.4 Å². The molecular formula is C13H16N2O3S. The Morgan fingerprint density at radius 3 is 2.74 bits per heavy atom. The predicted molar refractivity (Wildman–Crippen MR) is 73.2 cm³/mol. The zero-order valence-corrected chi connectivity index (χ0v) is 11.6. The maximum atomic E-state index is 12.3. The van der Waals surface area contributed by atoms with Crippen molar-refractivity contribution >= 4 is 20.9 Å². The van der Waals surface area contributed by atoms with Gasteiger partial charge in [-0.3, -0.25) is 4.98 Å². The summed E-state index contributed by atoms with van der Waals surface area (Å²) < 4.78 is 25.7. The maximum absolute atomic E-state index is 12.3. The molecule has 0 aliphatic heterocycles. The molecule has 102 valence electrons. The van der Waals surface area contributed by atoms with E-state index in [0.29, 0.717) is 0 Å². The molecule has 2 aromatic rings. The number of hydrogen-bond acceptors (Lipinski definition) is 4. The third kappa shape index (κ3) is 2.91. The number of fused-ring (bicyclic) bond motifs is 1. The van der Waals surface area contributed by atoms with Crippen molar-refractivity contribution in [2.75, 3.05) is 13.6 Å². The van der Waals surface area contributed by atoms with Gasteiger partial charge >= 0.3 is 0 Å². The van der Waals surface area contributed by atoms with Gasteiger partial charge in [-0.2, -0.15) is 4.31 Å². The molecule has 0 amide bonds. The van der Waals surface area contributed by atoms with Crippen LogP contribution >= 0.6 is 0 Å². The Kier molecular flexibility index (Phi) is 3.84. The monoisotopic (exact) mass is 280 g/mol. The summed E-state index contributed by atoms with van der Waals surface area (Å²) in [5.74, 6) is 0. The van der Waals surface area contributed by atoms with Crippen molar-refractivity contribution in [3.05, 3.63) is 36.5 Å². The van der Waals surface area contributed by atoms with Gasteiger partial charge in [0.15, 0.2) is 0 Å².